The summed E-state index contributed by atoms with van der Waals surface area (Å²) in [6.45, 7) is 0. The third kappa shape index (κ3) is 1.36. The predicted octanol–water partition coefficient (Wildman–Crippen LogP) is 0.358. The highest BCUT2D eigenvalue weighted by molar-refractivity contribution is 5.61. The van der Waals surface area contributed by atoms with Crippen LogP contribution in [0.5, 0.6) is 0 Å². The SMILES string of the molecule is C(=Cc1ncc[nH]1)c1nnon1. The lowest BCUT2D eigenvalue weighted by Gasteiger charge is -1.79. The van der Waals surface area contributed by atoms with Gasteiger partial charge in [-0.1, -0.05) is 5.10 Å². The Labute approximate surface area is 67.3 Å². The van der Waals surface area contributed by atoms with Gasteiger partial charge in [0.05, 0.1) is 5.27 Å². The van der Waals surface area contributed by atoms with Gasteiger partial charge in [-0.15, -0.1) is 0 Å². The minimum Gasteiger partial charge on any atom is -0.345 e. The molecule has 0 aliphatic carbocycles. The van der Waals surface area contributed by atoms with E-state index in [1.54, 1.807) is 24.5 Å². The quantitative estimate of drug-likeness (QED) is 0.691. The first-order valence-corrected chi connectivity index (χ1v) is 3.28. The highest BCUT2D eigenvalue weighted by Crippen LogP contribution is 1.96. The third-order valence-electron chi connectivity index (χ3n) is 1.22. The van der Waals surface area contributed by atoms with Crippen LogP contribution in [0.4, 0.5) is 0 Å². The Kier molecular flexibility index (Phi) is 1.65. The molecule has 6 nitrogen and oxygen atoms in total. The number of aromatic amines is 1. The van der Waals surface area contributed by atoms with E-state index in [0.29, 0.717) is 5.82 Å². The van der Waals surface area contributed by atoms with Crippen LogP contribution in [0.1, 0.15) is 11.6 Å². The predicted molar refractivity (Wildman–Crippen MR) is 39.6 cm³/mol. The summed E-state index contributed by atoms with van der Waals surface area (Å²) in [6.07, 6.45) is 6.77. The Hall–Kier alpha value is -1.98. The molecule has 2 rings (SSSR count). The van der Waals surface area contributed by atoms with Crippen molar-refractivity contribution in [2.75, 3.05) is 0 Å². The number of aromatic nitrogens is 5. The summed E-state index contributed by atoms with van der Waals surface area (Å²) in [4.78, 5) is 6.86. The van der Waals surface area contributed by atoms with E-state index in [4.69, 9.17) is 0 Å². The molecule has 0 aliphatic heterocycles. The normalized spacial score (nSPS) is 11.0. The van der Waals surface area contributed by atoms with Crippen LogP contribution in [0.15, 0.2) is 17.0 Å². The summed E-state index contributed by atoms with van der Waals surface area (Å²) in [5.74, 6) is 1.16. The molecule has 0 saturated carbocycles. The molecule has 2 aromatic rings. The second-order valence-corrected chi connectivity index (χ2v) is 2.02. The molecular formula is C6H5N5O. The van der Waals surface area contributed by atoms with E-state index >= 15 is 0 Å². The molecule has 6 heteroatoms. The second kappa shape index (κ2) is 2.95. The molecule has 0 saturated heterocycles. The molecule has 2 heterocycles. The van der Waals surface area contributed by atoms with Crippen LogP contribution >= 0.6 is 0 Å². The van der Waals surface area contributed by atoms with Crippen LogP contribution in [-0.2, 0) is 0 Å². The molecule has 0 bridgehead atoms. The smallest absolute Gasteiger partial charge is 0.219 e. The van der Waals surface area contributed by atoms with Gasteiger partial charge < -0.3 is 4.98 Å². The van der Waals surface area contributed by atoms with Crippen molar-refractivity contribution < 1.29 is 4.63 Å². The summed E-state index contributed by atoms with van der Waals surface area (Å²) < 4.78 is 4.29. The van der Waals surface area contributed by atoms with Crippen LogP contribution in [0.2, 0.25) is 0 Å². The van der Waals surface area contributed by atoms with Crippen LogP contribution in [0.3, 0.4) is 0 Å². The minimum absolute atomic E-state index is 0.423. The van der Waals surface area contributed by atoms with Crippen molar-refractivity contribution in [3.05, 3.63) is 24.0 Å². The van der Waals surface area contributed by atoms with Crippen molar-refractivity contribution in [3.63, 3.8) is 0 Å². The van der Waals surface area contributed by atoms with E-state index in [0.717, 1.165) is 5.82 Å². The van der Waals surface area contributed by atoms with Gasteiger partial charge >= 0.3 is 0 Å². The summed E-state index contributed by atoms with van der Waals surface area (Å²) >= 11 is 0. The van der Waals surface area contributed by atoms with Gasteiger partial charge in [0.15, 0.2) is 0 Å². The standard InChI is InChI=1S/C6H5N5O/c1(5-7-3-4-8-5)2-6-9-11-12-10-6/h1-4H,(H,7,8). The topological polar surface area (TPSA) is 80.5 Å². The van der Waals surface area contributed by atoms with Gasteiger partial charge in [-0.2, -0.15) is 0 Å². The molecule has 60 valence electrons. The molecule has 0 fully saturated rings. The van der Waals surface area contributed by atoms with E-state index in [-0.39, 0.29) is 0 Å². The lowest BCUT2D eigenvalue weighted by atomic mass is 10.4. The van der Waals surface area contributed by atoms with Crippen molar-refractivity contribution in [1.82, 2.24) is 25.5 Å². The number of nitrogens with one attached hydrogen (secondary N) is 1. The number of imidazole rings is 1. The molecule has 0 radical (unpaired) electrons. The molecule has 0 amide bonds. The molecule has 12 heavy (non-hydrogen) atoms. The fraction of sp³-hybridized carbons (Fsp3) is 0. The first kappa shape index (κ1) is 6.71. The third-order valence-corrected chi connectivity index (χ3v) is 1.22. The lowest BCUT2D eigenvalue weighted by Crippen LogP contribution is -1.76. The van der Waals surface area contributed by atoms with E-state index in [1.165, 1.54) is 0 Å². The zero-order valence-electron chi connectivity index (χ0n) is 6.01. The van der Waals surface area contributed by atoms with Gasteiger partial charge in [-0.05, 0) is 17.3 Å². The molecule has 1 N–H and O–H groups in total. The maximum Gasteiger partial charge on any atom is 0.219 e. The minimum atomic E-state index is 0.423. The van der Waals surface area contributed by atoms with Crippen LogP contribution in [-0.4, -0.2) is 25.5 Å². The highest BCUT2D eigenvalue weighted by atomic mass is 16.6. The Morgan fingerprint density at radius 2 is 2.42 bits per heavy atom. The summed E-state index contributed by atoms with van der Waals surface area (Å²) in [6, 6.07) is 0. The first-order chi connectivity index (χ1) is 5.95. The van der Waals surface area contributed by atoms with Crippen molar-refractivity contribution in [1.29, 1.82) is 0 Å². The molecular weight excluding hydrogens is 158 g/mol. The van der Waals surface area contributed by atoms with Crippen LogP contribution < -0.4 is 0 Å². The fourth-order valence-corrected chi connectivity index (χ4v) is 0.724. The average molecular weight is 163 g/mol. The van der Waals surface area contributed by atoms with Crippen molar-refractivity contribution in [3.8, 4) is 0 Å². The zero-order valence-corrected chi connectivity index (χ0v) is 6.01. The van der Waals surface area contributed by atoms with Gasteiger partial charge in [0.2, 0.25) is 5.82 Å². The summed E-state index contributed by atoms with van der Waals surface area (Å²) in [5.41, 5.74) is 0. The van der Waals surface area contributed by atoms with Crippen molar-refractivity contribution in [2.24, 2.45) is 0 Å². The summed E-state index contributed by atoms with van der Waals surface area (Å²) in [7, 11) is 0. The van der Waals surface area contributed by atoms with Crippen LogP contribution in [0.25, 0.3) is 12.2 Å². The molecule has 0 unspecified atom stereocenters. The monoisotopic (exact) mass is 163 g/mol. The van der Waals surface area contributed by atoms with E-state index < -0.39 is 0 Å². The van der Waals surface area contributed by atoms with Crippen molar-refractivity contribution in [2.45, 2.75) is 0 Å². The molecule has 0 aliphatic rings. The van der Waals surface area contributed by atoms with Gasteiger partial charge in [-0.25, -0.2) is 9.61 Å². The number of H-pyrrole nitrogens is 1. The second-order valence-electron chi connectivity index (χ2n) is 2.02. The molecule has 0 spiro atoms. The Bertz CT molecular complexity index is 313. The lowest BCUT2D eigenvalue weighted by molar-refractivity contribution is 0.292. The van der Waals surface area contributed by atoms with E-state index in [9.17, 15) is 0 Å². The first-order valence-electron chi connectivity index (χ1n) is 3.28. The number of nitrogens with zero attached hydrogens (tertiary/aromatic N) is 4. The van der Waals surface area contributed by atoms with Gasteiger partial charge in [-0.3, -0.25) is 0 Å². The number of rotatable bonds is 2. The van der Waals surface area contributed by atoms with Gasteiger partial charge in [0.1, 0.15) is 5.82 Å². The Morgan fingerprint density at radius 1 is 1.42 bits per heavy atom. The zero-order chi connectivity index (χ0) is 8.23. The van der Waals surface area contributed by atoms with E-state index in [1.807, 2.05) is 0 Å². The molecule has 0 atom stereocenters. The largest absolute Gasteiger partial charge is 0.345 e. The van der Waals surface area contributed by atoms with E-state index in [2.05, 4.69) is 30.1 Å². The van der Waals surface area contributed by atoms with Gasteiger partial charge in [0, 0.05) is 12.4 Å². The maximum atomic E-state index is 4.29. The van der Waals surface area contributed by atoms with Crippen LogP contribution in [0, 0.1) is 0 Å². The fourth-order valence-electron chi connectivity index (χ4n) is 0.724. The molecule has 0 aromatic carbocycles. The summed E-state index contributed by atoms with van der Waals surface area (Å²) in [5, 5.41) is 10.3. The Balaban J connectivity index is 2.14. The van der Waals surface area contributed by atoms with Gasteiger partial charge in [0.25, 0.3) is 0 Å². The van der Waals surface area contributed by atoms with Crippen molar-refractivity contribution >= 4 is 12.2 Å². The number of hydrogen-bond donors (Lipinski definition) is 1. The number of hydrogen-bond acceptors (Lipinski definition) is 5. The highest BCUT2D eigenvalue weighted by Gasteiger charge is 1.92. The molecule has 2 aromatic heterocycles. The average Bonchev–Trinajstić information content (AvgIpc) is 2.74. The Morgan fingerprint density at radius 3 is 3.08 bits per heavy atom. The maximum absolute atomic E-state index is 4.29.